The Kier molecular flexibility index (Phi) is 5.81. The molecule has 1 aliphatic rings. The van der Waals surface area contributed by atoms with Gasteiger partial charge < -0.3 is 10.1 Å². The first-order chi connectivity index (χ1) is 12.1. The first-order valence-electron chi connectivity index (χ1n) is 8.37. The molecule has 1 fully saturated rings. The van der Waals surface area contributed by atoms with Gasteiger partial charge in [0.25, 0.3) is 0 Å². The van der Waals surface area contributed by atoms with Crippen LogP contribution in [0.5, 0.6) is 5.75 Å². The monoisotopic (exact) mass is 350 g/mol. The minimum Gasteiger partial charge on any atom is -0.435 e. The molecular weight excluding hydrogens is 329 g/mol. The van der Waals surface area contributed by atoms with Gasteiger partial charge >= 0.3 is 6.61 Å². The van der Waals surface area contributed by atoms with Crippen LogP contribution in [0.1, 0.15) is 18.4 Å². The summed E-state index contributed by atoms with van der Waals surface area (Å²) >= 11 is 0. The number of nitrogens with zero attached hydrogens (tertiary/aromatic N) is 1. The van der Waals surface area contributed by atoms with Crippen molar-refractivity contribution in [2.45, 2.75) is 32.0 Å². The Balaban J connectivity index is 1.53. The summed E-state index contributed by atoms with van der Waals surface area (Å²) in [6, 6.07) is 13.5. The van der Waals surface area contributed by atoms with E-state index in [0.717, 1.165) is 43.7 Å². The van der Waals surface area contributed by atoms with E-state index in [4.69, 9.17) is 0 Å². The van der Waals surface area contributed by atoms with E-state index in [1.807, 2.05) is 12.1 Å². The van der Waals surface area contributed by atoms with Gasteiger partial charge in [-0.2, -0.15) is 8.78 Å². The molecule has 1 unspecified atom stereocenters. The molecule has 0 amide bonds. The average molecular weight is 350 g/mol. The molecule has 3 nitrogen and oxygen atoms in total. The zero-order chi connectivity index (χ0) is 17.6. The van der Waals surface area contributed by atoms with Crippen molar-refractivity contribution in [1.82, 2.24) is 4.90 Å². The molecule has 134 valence electrons. The highest BCUT2D eigenvalue weighted by atomic mass is 19.3. The van der Waals surface area contributed by atoms with Crippen molar-refractivity contribution in [3.63, 3.8) is 0 Å². The summed E-state index contributed by atoms with van der Waals surface area (Å²) in [5, 5.41) is 3.44. The number of anilines is 1. The number of rotatable bonds is 6. The Bertz CT molecular complexity index is 661. The van der Waals surface area contributed by atoms with Crippen LogP contribution in [-0.2, 0) is 6.54 Å². The van der Waals surface area contributed by atoms with E-state index in [9.17, 15) is 13.2 Å². The van der Waals surface area contributed by atoms with Gasteiger partial charge in [-0.3, -0.25) is 4.90 Å². The molecule has 0 spiro atoms. The highest BCUT2D eigenvalue weighted by molar-refractivity contribution is 5.44. The predicted octanol–water partition coefficient (Wildman–Crippen LogP) is 4.50. The number of alkyl halides is 2. The molecule has 0 saturated carbocycles. The van der Waals surface area contributed by atoms with Crippen molar-refractivity contribution in [3.8, 4) is 5.75 Å². The van der Waals surface area contributed by atoms with Gasteiger partial charge in [0, 0.05) is 24.8 Å². The van der Waals surface area contributed by atoms with Gasteiger partial charge in [-0.25, -0.2) is 4.39 Å². The minimum absolute atomic E-state index is 0.174. The van der Waals surface area contributed by atoms with E-state index in [1.165, 1.54) is 12.1 Å². The zero-order valence-corrected chi connectivity index (χ0v) is 13.8. The van der Waals surface area contributed by atoms with Gasteiger partial charge in [0.15, 0.2) is 0 Å². The first-order valence-corrected chi connectivity index (χ1v) is 8.37. The maximum atomic E-state index is 13.0. The topological polar surface area (TPSA) is 24.5 Å². The summed E-state index contributed by atoms with van der Waals surface area (Å²) < 4.78 is 41.7. The quantitative estimate of drug-likeness (QED) is 0.830. The molecule has 1 saturated heterocycles. The van der Waals surface area contributed by atoms with Gasteiger partial charge in [-0.05, 0) is 61.3 Å². The molecule has 3 rings (SSSR count). The molecule has 0 aliphatic carbocycles. The fourth-order valence-electron chi connectivity index (χ4n) is 3.13. The van der Waals surface area contributed by atoms with Gasteiger partial charge in [0.05, 0.1) is 0 Å². The van der Waals surface area contributed by atoms with Crippen LogP contribution in [0.4, 0.5) is 18.9 Å². The molecular formula is C19H21F3N2O. The largest absolute Gasteiger partial charge is 0.435 e. The van der Waals surface area contributed by atoms with E-state index >= 15 is 0 Å². The Morgan fingerprint density at radius 2 is 1.80 bits per heavy atom. The standard InChI is InChI=1S/C19H21F3N2O/c20-15-5-7-16(8-6-15)23-17-2-1-11-24(13-17)12-14-3-9-18(10-4-14)25-19(21)22/h3-10,17,19,23H,1-2,11-13H2. The molecule has 6 heteroatoms. The maximum Gasteiger partial charge on any atom is 0.387 e. The van der Waals surface area contributed by atoms with Gasteiger partial charge in [0.2, 0.25) is 0 Å². The molecule has 0 bridgehead atoms. The van der Waals surface area contributed by atoms with Gasteiger partial charge in [-0.1, -0.05) is 12.1 Å². The SMILES string of the molecule is Fc1ccc(NC2CCCN(Cc3ccc(OC(F)F)cc3)C2)cc1. The number of ether oxygens (including phenoxy) is 1. The van der Waals surface area contributed by atoms with Crippen molar-refractivity contribution in [2.24, 2.45) is 0 Å². The van der Waals surface area contributed by atoms with E-state index in [2.05, 4.69) is 15.0 Å². The second-order valence-corrected chi connectivity index (χ2v) is 6.25. The lowest BCUT2D eigenvalue weighted by molar-refractivity contribution is -0.0498. The summed E-state index contributed by atoms with van der Waals surface area (Å²) in [4.78, 5) is 2.33. The van der Waals surface area contributed by atoms with Crippen LogP contribution >= 0.6 is 0 Å². The Labute approximate surface area is 145 Å². The van der Waals surface area contributed by atoms with Gasteiger partial charge in [0.1, 0.15) is 11.6 Å². The molecule has 2 aromatic rings. The van der Waals surface area contributed by atoms with Crippen molar-refractivity contribution in [2.75, 3.05) is 18.4 Å². The highest BCUT2D eigenvalue weighted by Crippen LogP contribution is 2.20. The van der Waals surface area contributed by atoms with Crippen LogP contribution in [0, 0.1) is 5.82 Å². The second-order valence-electron chi connectivity index (χ2n) is 6.25. The Morgan fingerprint density at radius 1 is 1.08 bits per heavy atom. The maximum absolute atomic E-state index is 13.0. The third kappa shape index (κ3) is 5.39. The fourth-order valence-corrected chi connectivity index (χ4v) is 3.13. The van der Waals surface area contributed by atoms with Crippen LogP contribution in [0.2, 0.25) is 0 Å². The third-order valence-corrected chi connectivity index (χ3v) is 4.28. The average Bonchev–Trinajstić information content (AvgIpc) is 2.59. The summed E-state index contributed by atoms with van der Waals surface area (Å²) in [5.74, 6) is -0.0664. The second kappa shape index (κ2) is 8.25. The smallest absolute Gasteiger partial charge is 0.387 e. The summed E-state index contributed by atoms with van der Waals surface area (Å²) in [6.07, 6.45) is 2.14. The van der Waals surface area contributed by atoms with E-state index in [-0.39, 0.29) is 11.6 Å². The molecule has 25 heavy (non-hydrogen) atoms. The number of hydrogen-bond acceptors (Lipinski definition) is 3. The van der Waals surface area contributed by atoms with Crippen LogP contribution in [0.15, 0.2) is 48.5 Å². The molecule has 0 aromatic heterocycles. The van der Waals surface area contributed by atoms with Crippen molar-refractivity contribution in [3.05, 3.63) is 59.9 Å². The van der Waals surface area contributed by atoms with E-state index < -0.39 is 6.61 Å². The first kappa shape index (κ1) is 17.6. The minimum atomic E-state index is -2.80. The lowest BCUT2D eigenvalue weighted by Gasteiger charge is -2.33. The van der Waals surface area contributed by atoms with Crippen LogP contribution in [0.25, 0.3) is 0 Å². The predicted molar refractivity (Wildman–Crippen MR) is 91.4 cm³/mol. The molecule has 1 atom stereocenters. The van der Waals surface area contributed by atoms with Crippen molar-refractivity contribution < 1.29 is 17.9 Å². The normalized spacial score (nSPS) is 18.3. The Morgan fingerprint density at radius 3 is 2.48 bits per heavy atom. The fraction of sp³-hybridized carbons (Fsp3) is 0.368. The summed E-state index contributed by atoms with van der Waals surface area (Å²) in [5.41, 5.74) is 1.98. The lowest BCUT2D eigenvalue weighted by atomic mass is 10.0. The van der Waals surface area contributed by atoms with Gasteiger partial charge in [-0.15, -0.1) is 0 Å². The number of benzene rings is 2. The number of halogens is 3. The number of nitrogens with one attached hydrogen (secondary N) is 1. The van der Waals surface area contributed by atoms with Crippen LogP contribution < -0.4 is 10.1 Å². The zero-order valence-electron chi connectivity index (χ0n) is 13.8. The third-order valence-electron chi connectivity index (χ3n) is 4.28. The van der Waals surface area contributed by atoms with Crippen LogP contribution in [0.3, 0.4) is 0 Å². The molecule has 0 radical (unpaired) electrons. The van der Waals surface area contributed by atoms with Crippen LogP contribution in [-0.4, -0.2) is 30.6 Å². The Hall–Kier alpha value is -2.21. The molecule has 2 aromatic carbocycles. The highest BCUT2D eigenvalue weighted by Gasteiger charge is 2.20. The van der Waals surface area contributed by atoms with Crippen molar-refractivity contribution in [1.29, 1.82) is 0 Å². The number of hydrogen-bond donors (Lipinski definition) is 1. The summed E-state index contributed by atoms with van der Waals surface area (Å²) in [6.45, 7) is -0.161. The van der Waals surface area contributed by atoms with Crippen molar-refractivity contribution >= 4 is 5.69 Å². The number of piperidine rings is 1. The van der Waals surface area contributed by atoms with E-state index in [1.54, 1.807) is 24.3 Å². The molecule has 1 N–H and O–H groups in total. The van der Waals surface area contributed by atoms with E-state index in [0.29, 0.717) is 6.04 Å². The number of likely N-dealkylation sites (tertiary alicyclic amines) is 1. The molecule has 1 heterocycles. The lowest BCUT2D eigenvalue weighted by Crippen LogP contribution is -2.41. The summed E-state index contributed by atoms with van der Waals surface area (Å²) in [7, 11) is 0. The molecule has 1 aliphatic heterocycles.